The standard InChI is InChI=1S/C19H23NO3/c1-13-5-6-17(19(20)21)18(12-13)23-8-4-7-22-16-10-14(2)9-15(3)11-16/h5-6,9-12H,4,7-8H2,1-3H3,(H2,20,21). The fraction of sp³-hybridized carbons (Fsp3) is 0.316. The van der Waals surface area contributed by atoms with Crippen molar-refractivity contribution in [2.24, 2.45) is 5.73 Å². The molecule has 0 fully saturated rings. The van der Waals surface area contributed by atoms with Crippen LogP contribution in [-0.2, 0) is 0 Å². The molecule has 4 nitrogen and oxygen atoms in total. The molecule has 2 N–H and O–H groups in total. The summed E-state index contributed by atoms with van der Waals surface area (Å²) in [5.74, 6) is 0.922. The molecule has 0 atom stereocenters. The van der Waals surface area contributed by atoms with Gasteiger partial charge in [-0.1, -0.05) is 12.1 Å². The summed E-state index contributed by atoms with van der Waals surface area (Å²) >= 11 is 0. The Balaban J connectivity index is 1.84. The first-order valence-electron chi connectivity index (χ1n) is 7.70. The molecule has 0 heterocycles. The number of carbonyl (C=O) groups is 1. The first kappa shape index (κ1) is 16.9. The molecule has 0 bridgehead atoms. The van der Waals surface area contributed by atoms with Crippen LogP contribution in [0.3, 0.4) is 0 Å². The third-order valence-electron chi connectivity index (χ3n) is 3.41. The van der Waals surface area contributed by atoms with Crippen LogP contribution in [0.5, 0.6) is 11.5 Å². The second kappa shape index (κ2) is 7.68. The van der Waals surface area contributed by atoms with Gasteiger partial charge < -0.3 is 15.2 Å². The maximum Gasteiger partial charge on any atom is 0.252 e. The van der Waals surface area contributed by atoms with Crippen LogP contribution in [0.15, 0.2) is 36.4 Å². The minimum atomic E-state index is -0.480. The maximum atomic E-state index is 11.4. The van der Waals surface area contributed by atoms with Gasteiger partial charge in [0.05, 0.1) is 18.8 Å². The van der Waals surface area contributed by atoms with Gasteiger partial charge in [0, 0.05) is 6.42 Å². The van der Waals surface area contributed by atoms with Gasteiger partial charge in [-0.25, -0.2) is 0 Å². The third kappa shape index (κ3) is 5.02. The van der Waals surface area contributed by atoms with E-state index in [1.165, 1.54) is 11.1 Å². The Morgan fingerprint density at radius 1 is 0.913 bits per heavy atom. The Hall–Kier alpha value is -2.49. The summed E-state index contributed by atoms with van der Waals surface area (Å²) in [6.45, 7) is 7.06. The molecule has 2 rings (SSSR count). The van der Waals surface area contributed by atoms with Gasteiger partial charge in [-0.05, 0) is 61.7 Å². The quantitative estimate of drug-likeness (QED) is 0.795. The number of aryl methyl sites for hydroxylation is 3. The highest BCUT2D eigenvalue weighted by Gasteiger charge is 2.09. The molecule has 122 valence electrons. The van der Waals surface area contributed by atoms with Crippen LogP contribution >= 0.6 is 0 Å². The van der Waals surface area contributed by atoms with E-state index in [9.17, 15) is 4.79 Å². The molecular weight excluding hydrogens is 290 g/mol. The fourth-order valence-corrected chi connectivity index (χ4v) is 2.40. The van der Waals surface area contributed by atoms with Crippen molar-refractivity contribution in [3.63, 3.8) is 0 Å². The van der Waals surface area contributed by atoms with Crippen molar-refractivity contribution in [3.05, 3.63) is 58.7 Å². The zero-order chi connectivity index (χ0) is 16.8. The van der Waals surface area contributed by atoms with E-state index < -0.39 is 5.91 Å². The average molecular weight is 313 g/mol. The van der Waals surface area contributed by atoms with E-state index in [4.69, 9.17) is 15.2 Å². The summed E-state index contributed by atoms with van der Waals surface area (Å²) in [7, 11) is 0. The van der Waals surface area contributed by atoms with Crippen molar-refractivity contribution < 1.29 is 14.3 Å². The predicted molar refractivity (Wildman–Crippen MR) is 91.2 cm³/mol. The molecule has 0 aliphatic carbocycles. The largest absolute Gasteiger partial charge is 0.493 e. The number of carbonyl (C=O) groups excluding carboxylic acids is 1. The van der Waals surface area contributed by atoms with Gasteiger partial charge in [-0.15, -0.1) is 0 Å². The molecule has 0 spiro atoms. The van der Waals surface area contributed by atoms with E-state index in [1.807, 2.05) is 45.0 Å². The molecule has 0 radical (unpaired) electrons. The molecule has 0 unspecified atom stereocenters. The molecular formula is C19H23NO3. The van der Waals surface area contributed by atoms with E-state index in [0.717, 1.165) is 17.7 Å². The van der Waals surface area contributed by atoms with Crippen molar-refractivity contribution in [1.29, 1.82) is 0 Å². The van der Waals surface area contributed by atoms with Gasteiger partial charge >= 0.3 is 0 Å². The van der Waals surface area contributed by atoms with Crippen molar-refractivity contribution in [1.82, 2.24) is 0 Å². The number of primary amides is 1. The van der Waals surface area contributed by atoms with Crippen molar-refractivity contribution in [2.45, 2.75) is 27.2 Å². The Kier molecular flexibility index (Phi) is 5.63. The Morgan fingerprint density at radius 3 is 2.22 bits per heavy atom. The molecule has 0 saturated carbocycles. The van der Waals surface area contributed by atoms with Gasteiger partial charge in [0.1, 0.15) is 11.5 Å². The lowest BCUT2D eigenvalue weighted by Crippen LogP contribution is -2.14. The molecule has 2 aromatic rings. The second-order valence-electron chi connectivity index (χ2n) is 5.74. The number of benzene rings is 2. The van der Waals surface area contributed by atoms with Gasteiger partial charge in [-0.2, -0.15) is 0 Å². The number of hydrogen-bond acceptors (Lipinski definition) is 3. The van der Waals surface area contributed by atoms with Crippen LogP contribution in [0.25, 0.3) is 0 Å². The highest BCUT2D eigenvalue weighted by molar-refractivity contribution is 5.95. The lowest BCUT2D eigenvalue weighted by Gasteiger charge is -2.11. The smallest absolute Gasteiger partial charge is 0.252 e. The first-order chi connectivity index (χ1) is 11.0. The van der Waals surface area contributed by atoms with Crippen LogP contribution in [-0.4, -0.2) is 19.1 Å². The van der Waals surface area contributed by atoms with E-state index in [1.54, 1.807) is 6.07 Å². The SMILES string of the molecule is Cc1cc(C)cc(OCCCOc2cc(C)ccc2C(N)=O)c1. The van der Waals surface area contributed by atoms with Crippen molar-refractivity contribution >= 4 is 5.91 Å². The zero-order valence-corrected chi connectivity index (χ0v) is 13.9. The summed E-state index contributed by atoms with van der Waals surface area (Å²) in [5, 5.41) is 0. The molecule has 0 saturated heterocycles. The summed E-state index contributed by atoms with van der Waals surface area (Å²) in [6.07, 6.45) is 0.721. The van der Waals surface area contributed by atoms with E-state index >= 15 is 0 Å². The maximum absolute atomic E-state index is 11.4. The third-order valence-corrected chi connectivity index (χ3v) is 3.41. The van der Waals surface area contributed by atoms with Crippen LogP contribution in [0, 0.1) is 20.8 Å². The molecule has 23 heavy (non-hydrogen) atoms. The Bertz CT molecular complexity index is 675. The Morgan fingerprint density at radius 2 is 1.57 bits per heavy atom. The van der Waals surface area contributed by atoms with Crippen LogP contribution in [0.4, 0.5) is 0 Å². The first-order valence-corrected chi connectivity index (χ1v) is 7.70. The normalized spacial score (nSPS) is 10.4. The van der Waals surface area contributed by atoms with E-state index in [-0.39, 0.29) is 0 Å². The van der Waals surface area contributed by atoms with E-state index in [2.05, 4.69) is 6.07 Å². The van der Waals surface area contributed by atoms with Crippen LogP contribution < -0.4 is 15.2 Å². The minimum absolute atomic E-state index is 0.408. The average Bonchev–Trinajstić information content (AvgIpc) is 2.45. The van der Waals surface area contributed by atoms with Gasteiger partial charge in [0.15, 0.2) is 0 Å². The van der Waals surface area contributed by atoms with Crippen LogP contribution in [0.1, 0.15) is 33.5 Å². The lowest BCUT2D eigenvalue weighted by atomic mass is 10.1. The van der Waals surface area contributed by atoms with Crippen molar-refractivity contribution in [3.8, 4) is 11.5 Å². The van der Waals surface area contributed by atoms with Gasteiger partial charge in [-0.3, -0.25) is 4.79 Å². The lowest BCUT2D eigenvalue weighted by molar-refractivity contribution is 0.0996. The summed E-state index contributed by atoms with van der Waals surface area (Å²) < 4.78 is 11.4. The molecule has 2 aromatic carbocycles. The molecule has 0 aromatic heterocycles. The van der Waals surface area contributed by atoms with Crippen molar-refractivity contribution in [2.75, 3.05) is 13.2 Å². The number of rotatable bonds is 7. The van der Waals surface area contributed by atoms with E-state index in [0.29, 0.717) is 24.5 Å². The molecule has 4 heteroatoms. The summed E-state index contributed by atoms with van der Waals surface area (Å²) in [4.78, 5) is 11.4. The zero-order valence-electron chi connectivity index (χ0n) is 13.9. The summed E-state index contributed by atoms with van der Waals surface area (Å²) in [5.41, 5.74) is 9.15. The monoisotopic (exact) mass is 313 g/mol. The van der Waals surface area contributed by atoms with Gasteiger partial charge in [0.2, 0.25) is 0 Å². The topological polar surface area (TPSA) is 61.6 Å². The van der Waals surface area contributed by atoms with Gasteiger partial charge in [0.25, 0.3) is 5.91 Å². The molecule has 0 aliphatic heterocycles. The number of amides is 1. The number of hydrogen-bond donors (Lipinski definition) is 1. The number of ether oxygens (including phenoxy) is 2. The fourth-order valence-electron chi connectivity index (χ4n) is 2.40. The highest BCUT2D eigenvalue weighted by atomic mass is 16.5. The second-order valence-corrected chi connectivity index (χ2v) is 5.74. The molecule has 0 aliphatic rings. The predicted octanol–water partition coefficient (Wildman–Crippen LogP) is 3.56. The highest BCUT2D eigenvalue weighted by Crippen LogP contribution is 2.20. The minimum Gasteiger partial charge on any atom is -0.493 e. The molecule has 1 amide bonds. The Labute approximate surface area is 137 Å². The summed E-state index contributed by atoms with van der Waals surface area (Å²) in [6, 6.07) is 11.5. The number of nitrogens with two attached hydrogens (primary N) is 1. The van der Waals surface area contributed by atoms with Crippen LogP contribution in [0.2, 0.25) is 0 Å².